The third kappa shape index (κ3) is 5.82. The number of ether oxygens (including phenoxy) is 2. The van der Waals surface area contributed by atoms with E-state index < -0.39 is 11.8 Å². The van der Waals surface area contributed by atoms with Gasteiger partial charge in [0.1, 0.15) is 18.6 Å². The molecule has 7 rings (SSSR count). The van der Waals surface area contributed by atoms with Crippen molar-refractivity contribution in [1.29, 1.82) is 0 Å². The highest BCUT2D eigenvalue weighted by atomic mass is 35.5. The van der Waals surface area contributed by atoms with Crippen molar-refractivity contribution in [1.82, 2.24) is 19.8 Å². The average Bonchev–Trinajstić information content (AvgIpc) is 3.58. The molecule has 1 spiro atoms. The van der Waals surface area contributed by atoms with Crippen molar-refractivity contribution in [2.75, 3.05) is 64.9 Å². The molecule has 3 atom stereocenters. The van der Waals surface area contributed by atoms with Crippen LogP contribution in [0.25, 0.3) is 0 Å². The summed E-state index contributed by atoms with van der Waals surface area (Å²) in [5, 5.41) is 1.27. The Morgan fingerprint density at radius 3 is 2.91 bits per heavy atom. The molecule has 5 heterocycles. The number of alkyl halides is 1. The maximum atomic E-state index is 14.5. The SMILES string of the molecule is CN(C)CC(N)=C(Cl)C1=NCCCN(c2nc(OC[C@@]34CCCN3C[C@H](F)C4)nc3c2CO[C@@]2(CCc4c(Cl)cccc42)C3)C1. The number of aliphatic imine (C=N–C) groups is 1. The lowest BCUT2D eigenvalue weighted by Crippen LogP contribution is -2.43. The van der Waals surface area contributed by atoms with Crippen molar-refractivity contribution in [3.05, 3.63) is 56.3 Å². The molecule has 0 bridgehead atoms. The third-order valence-corrected chi connectivity index (χ3v) is 11.0. The van der Waals surface area contributed by atoms with Crippen molar-refractivity contribution in [3.8, 4) is 6.01 Å². The molecule has 9 nitrogen and oxygen atoms in total. The van der Waals surface area contributed by atoms with Crippen LogP contribution in [0.5, 0.6) is 6.01 Å². The Hall–Kier alpha value is -2.50. The first-order valence-corrected chi connectivity index (χ1v) is 16.8. The highest BCUT2D eigenvalue weighted by Gasteiger charge is 2.50. The minimum Gasteiger partial charge on any atom is -0.461 e. The van der Waals surface area contributed by atoms with Crippen LogP contribution >= 0.6 is 23.2 Å². The molecule has 1 aliphatic carbocycles. The normalized spacial score (nSPS) is 28.5. The molecule has 12 heteroatoms. The Labute approximate surface area is 274 Å². The number of anilines is 1. The maximum Gasteiger partial charge on any atom is 0.318 e. The van der Waals surface area contributed by atoms with E-state index in [0.29, 0.717) is 69.0 Å². The van der Waals surface area contributed by atoms with Crippen LogP contribution in [0.15, 0.2) is 33.9 Å². The maximum absolute atomic E-state index is 14.5. The van der Waals surface area contributed by atoms with Crippen LogP contribution < -0.4 is 15.4 Å². The van der Waals surface area contributed by atoms with E-state index in [1.165, 1.54) is 0 Å². The molecule has 0 radical (unpaired) electrons. The van der Waals surface area contributed by atoms with Gasteiger partial charge in [0.2, 0.25) is 0 Å². The van der Waals surface area contributed by atoms with E-state index in [1.807, 2.05) is 31.1 Å². The summed E-state index contributed by atoms with van der Waals surface area (Å²) in [5.74, 6) is 0.773. The Morgan fingerprint density at radius 2 is 2.07 bits per heavy atom. The fourth-order valence-corrected chi connectivity index (χ4v) is 8.48. The molecular formula is C33H42Cl2FN7O2. The van der Waals surface area contributed by atoms with E-state index in [4.69, 9.17) is 53.4 Å². The van der Waals surface area contributed by atoms with Gasteiger partial charge in [0.25, 0.3) is 0 Å². The summed E-state index contributed by atoms with van der Waals surface area (Å²) < 4.78 is 27.8. The Kier molecular flexibility index (Phi) is 8.48. The molecule has 1 aromatic heterocycles. The highest BCUT2D eigenvalue weighted by molar-refractivity contribution is 6.44. The Bertz CT molecular complexity index is 1540. The molecule has 0 amide bonds. The van der Waals surface area contributed by atoms with Gasteiger partial charge >= 0.3 is 6.01 Å². The first-order valence-electron chi connectivity index (χ1n) is 16.1. The summed E-state index contributed by atoms with van der Waals surface area (Å²) in [6, 6.07) is 6.40. The van der Waals surface area contributed by atoms with Gasteiger partial charge in [0, 0.05) is 55.3 Å². The van der Waals surface area contributed by atoms with Crippen molar-refractivity contribution in [3.63, 3.8) is 0 Å². The summed E-state index contributed by atoms with van der Waals surface area (Å²) >= 11 is 13.4. The van der Waals surface area contributed by atoms with Gasteiger partial charge in [0.05, 0.1) is 40.7 Å². The predicted molar refractivity (Wildman–Crippen MR) is 175 cm³/mol. The molecular weight excluding hydrogens is 616 g/mol. The number of fused-ring (bicyclic) bond motifs is 4. The molecule has 2 aromatic rings. The number of hydrogen-bond acceptors (Lipinski definition) is 9. The average molecular weight is 659 g/mol. The fourth-order valence-electron chi connectivity index (χ4n) is 8.03. The van der Waals surface area contributed by atoms with E-state index in [1.54, 1.807) is 0 Å². The number of nitrogens with zero attached hydrogens (tertiary/aromatic N) is 6. The summed E-state index contributed by atoms with van der Waals surface area (Å²) in [5.41, 5.74) is 11.1. The number of likely N-dealkylation sites (N-methyl/N-ethyl adjacent to an activating group) is 1. The number of nitrogens with two attached hydrogens (primary N) is 1. The highest BCUT2D eigenvalue weighted by Crippen LogP contribution is 2.49. The molecule has 45 heavy (non-hydrogen) atoms. The Morgan fingerprint density at radius 1 is 1.20 bits per heavy atom. The van der Waals surface area contributed by atoms with E-state index in [0.717, 1.165) is 84.1 Å². The van der Waals surface area contributed by atoms with Crippen molar-refractivity contribution in [2.45, 2.75) is 68.9 Å². The molecule has 1 aromatic carbocycles. The van der Waals surface area contributed by atoms with E-state index in [-0.39, 0.29) is 5.54 Å². The van der Waals surface area contributed by atoms with Crippen LogP contribution in [0.2, 0.25) is 5.02 Å². The van der Waals surface area contributed by atoms with E-state index in [9.17, 15) is 4.39 Å². The zero-order valence-corrected chi connectivity index (χ0v) is 27.6. The second kappa shape index (κ2) is 12.3. The predicted octanol–water partition coefficient (Wildman–Crippen LogP) is 4.62. The topological polar surface area (TPSA) is 92.3 Å². The first-order chi connectivity index (χ1) is 21.7. The standard InChI is InChI=1S/C33H42Cl2FN7O2/c1-41(2)17-26(37)29(35)28-18-42(12-5-11-38-28)30-23-19-45-33(10-8-22-24(33)6-3-7-25(22)34)15-27(23)39-31(40-30)44-20-32-9-4-13-43(32)16-21(36)14-32/h3,6-7,21H,4-5,8-20,37H2,1-2H3/t21-,32+,33+/m1/s1. The zero-order chi connectivity index (χ0) is 31.3. The monoisotopic (exact) mass is 657 g/mol. The van der Waals surface area contributed by atoms with Crippen molar-refractivity contribution in [2.24, 2.45) is 10.7 Å². The van der Waals surface area contributed by atoms with Gasteiger partial charge in [-0.2, -0.15) is 9.97 Å². The van der Waals surface area contributed by atoms with Gasteiger partial charge in [-0.1, -0.05) is 35.3 Å². The number of benzene rings is 1. The van der Waals surface area contributed by atoms with Crippen LogP contribution in [-0.2, 0) is 29.8 Å². The minimum absolute atomic E-state index is 0.297. The number of hydrogen-bond donors (Lipinski definition) is 1. The molecule has 2 fully saturated rings. The molecule has 2 N–H and O–H groups in total. The molecule has 2 saturated heterocycles. The Balaban J connectivity index is 1.24. The smallest absolute Gasteiger partial charge is 0.318 e. The number of halogens is 3. The lowest BCUT2D eigenvalue weighted by Gasteiger charge is -2.37. The van der Waals surface area contributed by atoms with E-state index in [2.05, 4.69) is 15.9 Å². The molecule has 0 unspecified atom stereocenters. The number of rotatable bonds is 7. The second-order valence-electron chi connectivity index (χ2n) is 13.5. The molecule has 4 aliphatic heterocycles. The number of aromatic nitrogens is 2. The lowest BCUT2D eigenvalue weighted by molar-refractivity contribution is -0.0730. The van der Waals surface area contributed by atoms with Gasteiger partial charge in [-0.25, -0.2) is 4.39 Å². The van der Waals surface area contributed by atoms with Gasteiger partial charge < -0.3 is 25.0 Å². The van der Waals surface area contributed by atoms with Crippen molar-refractivity contribution >= 4 is 34.7 Å². The fraction of sp³-hybridized carbons (Fsp3) is 0.606. The summed E-state index contributed by atoms with van der Waals surface area (Å²) in [6.07, 6.45) is 4.76. The van der Waals surface area contributed by atoms with Gasteiger partial charge in [-0.15, -0.1) is 0 Å². The summed E-state index contributed by atoms with van der Waals surface area (Å²) in [6.45, 7) is 4.50. The minimum atomic E-state index is -0.826. The zero-order valence-electron chi connectivity index (χ0n) is 26.1. The van der Waals surface area contributed by atoms with Gasteiger partial charge in [0.15, 0.2) is 0 Å². The van der Waals surface area contributed by atoms with Gasteiger partial charge in [-0.3, -0.25) is 9.89 Å². The van der Waals surface area contributed by atoms with Crippen LogP contribution in [0.1, 0.15) is 54.5 Å². The first kappa shape index (κ1) is 31.1. The molecule has 242 valence electrons. The second-order valence-corrected chi connectivity index (χ2v) is 14.3. The molecule has 0 saturated carbocycles. The molecule has 5 aliphatic rings. The van der Waals surface area contributed by atoms with Crippen molar-refractivity contribution < 1.29 is 13.9 Å². The van der Waals surface area contributed by atoms with Crippen LogP contribution in [0.3, 0.4) is 0 Å². The van der Waals surface area contributed by atoms with Crippen LogP contribution in [-0.4, -0.2) is 97.2 Å². The van der Waals surface area contributed by atoms with Crippen LogP contribution in [0.4, 0.5) is 10.2 Å². The van der Waals surface area contributed by atoms with Crippen LogP contribution in [0, 0.1) is 0 Å². The summed E-state index contributed by atoms with van der Waals surface area (Å²) in [7, 11) is 3.92. The lowest BCUT2D eigenvalue weighted by atomic mass is 9.87. The van der Waals surface area contributed by atoms with E-state index >= 15 is 0 Å². The quantitative estimate of drug-likeness (QED) is 0.461. The third-order valence-electron chi connectivity index (χ3n) is 10.2. The van der Waals surface area contributed by atoms with Gasteiger partial charge in [-0.05, 0) is 69.9 Å². The largest absolute Gasteiger partial charge is 0.461 e. The summed E-state index contributed by atoms with van der Waals surface area (Å²) in [4.78, 5) is 21.3.